The van der Waals surface area contributed by atoms with Crippen molar-refractivity contribution in [1.29, 1.82) is 0 Å². The molecule has 0 spiro atoms. The molecule has 0 saturated heterocycles. The van der Waals surface area contributed by atoms with Crippen LogP contribution < -0.4 is 0 Å². The molecule has 1 N–H and O–H groups in total. The molecule has 0 bridgehead atoms. The maximum absolute atomic E-state index is 10.3. The van der Waals surface area contributed by atoms with Gasteiger partial charge in [0.15, 0.2) is 0 Å². The zero-order chi connectivity index (χ0) is 12.1. The first-order chi connectivity index (χ1) is 7.77. The molecule has 0 aromatic heterocycles. The summed E-state index contributed by atoms with van der Waals surface area (Å²) in [5.41, 5.74) is 0. The fourth-order valence-electron chi connectivity index (χ4n) is 1.94. The Morgan fingerprint density at radius 1 is 0.765 bits per heavy atom. The molecule has 0 unspecified atom stereocenters. The van der Waals surface area contributed by atoms with E-state index in [9.17, 15) is 4.79 Å². The maximum atomic E-state index is 10.3. The van der Waals surface area contributed by atoms with Crippen LogP contribution >= 0.6 is 0 Å². The van der Waals surface area contributed by atoms with Gasteiger partial charge in [-0.1, -0.05) is 71.1 Å². The van der Waals surface area contributed by atoms with Gasteiger partial charge in [-0.3, -0.25) is 4.79 Å². The number of rotatable bonds is 12. The molecule has 0 aliphatic rings. The molecule has 0 heterocycles. The van der Waals surface area contributed by atoms with Gasteiger partial charge in [0.05, 0.1) is 0 Å². The molecule has 2 nitrogen and oxygen atoms in total. The van der Waals surface area contributed by atoms with Crippen molar-refractivity contribution in [2.75, 3.05) is 0 Å². The largest absolute Gasteiger partial charge is 0.481 e. The molecule has 100 valence electrons. The summed E-state index contributed by atoms with van der Waals surface area (Å²) in [5.74, 6) is -0.657. The van der Waals surface area contributed by atoms with Gasteiger partial charge in [0, 0.05) is 48.2 Å². The van der Waals surface area contributed by atoms with Crippen LogP contribution in [0.25, 0.3) is 0 Å². The van der Waals surface area contributed by atoms with E-state index in [-0.39, 0.29) is 41.7 Å². The van der Waals surface area contributed by atoms with Crippen molar-refractivity contribution in [2.45, 2.75) is 84.0 Å². The van der Waals surface area contributed by atoms with Crippen LogP contribution in [0.5, 0.6) is 0 Å². The Morgan fingerprint density at radius 2 is 1.12 bits per heavy atom. The quantitative estimate of drug-likeness (QED) is 0.504. The van der Waals surface area contributed by atoms with Crippen LogP contribution in [0.2, 0.25) is 0 Å². The van der Waals surface area contributed by atoms with E-state index >= 15 is 0 Å². The number of carboxylic acid groups (broad SMARTS) is 1. The summed E-state index contributed by atoms with van der Waals surface area (Å²) in [4.78, 5) is 10.3. The number of hydrogen-bond acceptors (Lipinski definition) is 1. The summed E-state index contributed by atoms with van der Waals surface area (Å²) in [7, 11) is 0. The van der Waals surface area contributed by atoms with Gasteiger partial charge in [-0.25, -0.2) is 0 Å². The second-order valence-corrected chi connectivity index (χ2v) is 4.68. The molecule has 0 amide bonds. The Balaban J connectivity index is 0. The minimum atomic E-state index is -0.657. The standard InChI is InChI=1S/C14H28O2.Ce/c1-2-3-4-5-6-7-8-9-10-11-12-13-14(15)16;/h2-13H2,1H3,(H,15,16);. The summed E-state index contributed by atoms with van der Waals surface area (Å²) in [6.07, 6.45) is 14.4. The Bertz CT molecular complexity index is 160. The number of unbranched alkanes of at least 4 members (excludes halogenated alkanes) is 10. The predicted molar refractivity (Wildman–Crippen MR) is 68.7 cm³/mol. The van der Waals surface area contributed by atoms with Crippen LogP contribution in [0.1, 0.15) is 84.0 Å². The number of hydrogen-bond donors (Lipinski definition) is 1. The topological polar surface area (TPSA) is 37.3 Å². The van der Waals surface area contributed by atoms with Crippen molar-refractivity contribution in [3.8, 4) is 0 Å². The Kier molecular flexibility index (Phi) is 20.0. The van der Waals surface area contributed by atoms with E-state index in [2.05, 4.69) is 6.92 Å². The average Bonchev–Trinajstić information content (AvgIpc) is 2.25. The second-order valence-electron chi connectivity index (χ2n) is 4.68. The minimum absolute atomic E-state index is 0. The van der Waals surface area contributed by atoms with Crippen LogP contribution in [0.15, 0.2) is 0 Å². The first kappa shape index (κ1) is 20.2. The van der Waals surface area contributed by atoms with Crippen LogP contribution in [-0.4, -0.2) is 11.1 Å². The average molecular weight is 368 g/mol. The van der Waals surface area contributed by atoms with Crippen molar-refractivity contribution >= 4 is 5.97 Å². The van der Waals surface area contributed by atoms with Crippen molar-refractivity contribution in [1.82, 2.24) is 0 Å². The summed E-state index contributed by atoms with van der Waals surface area (Å²) in [5, 5.41) is 8.46. The first-order valence-corrected chi connectivity index (χ1v) is 6.99. The smallest absolute Gasteiger partial charge is 0.303 e. The molecule has 3 heteroatoms. The van der Waals surface area contributed by atoms with Gasteiger partial charge >= 0.3 is 5.97 Å². The molecule has 0 aliphatic carbocycles. The maximum Gasteiger partial charge on any atom is 0.303 e. The molecule has 0 fully saturated rings. The molecule has 0 aromatic carbocycles. The van der Waals surface area contributed by atoms with Crippen LogP contribution in [0.4, 0.5) is 0 Å². The molecular weight excluding hydrogens is 340 g/mol. The molecule has 17 heavy (non-hydrogen) atoms. The van der Waals surface area contributed by atoms with E-state index in [0.29, 0.717) is 6.42 Å². The van der Waals surface area contributed by atoms with Crippen LogP contribution in [0, 0.1) is 41.7 Å². The van der Waals surface area contributed by atoms with Gasteiger partial charge in [0.25, 0.3) is 0 Å². The van der Waals surface area contributed by atoms with E-state index in [1.54, 1.807) is 0 Å². The van der Waals surface area contributed by atoms with Gasteiger partial charge in [0.2, 0.25) is 0 Å². The van der Waals surface area contributed by atoms with Gasteiger partial charge < -0.3 is 5.11 Å². The predicted octanol–water partition coefficient (Wildman–Crippen LogP) is 4.77. The summed E-state index contributed by atoms with van der Waals surface area (Å²) in [6, 6.07) is 0. The third-order valence-corrected chi connectivity index (χ3v) is 2.99. The van der Waals surface area contributed by atoms with E-state index < -0.39 is 5.97 Å². The van der Waals surface area contributed by atoms with E-state index in [0.717, 1.165) is 12.8 Å². The van der Waals surface area contributed by atoms with Crippen molar-refractivity contribution in [3.63, 3.8) is 0 Å². The van der Waals surface area contributed by atoms with Gasteiger partial charge in [-0.2, -0.15) is 0 Å². The fraction of sp³-hybridized carbons (Fsp3) is 0.929. The van der Waals surface area contributed by atoms with Crippen molar-refractivity contribution in [2.24, 2.45) is 0 Å². The summed E-state index contributed by atoms with van der Waals surface area (Å²) >= 11 is 0. The zero-order valence-corrected chi connectivity index (χ0v) is 14.5. The fourth-order valence-corrected chi connectivity index (χ4v) is 1.94. The van der Waals surface area contributed by atoms with E-state index in [1.807, 2.05) is 0 Å². The van der Waals surface area contributed by atoms with Crippen molar-refractivity contribution in [3.05, 3.63) is 0 Å². The normalized spacial score (nSPS) is 9.94. The molecule has 0 atom stereocenters. The third kappa shape index (κ3) is 19.4. The van der Waals surface area contributed by atoms with E-state index in [1.165, 1.54) is 57.8 Å². The SMILES string of the molecule is CCCCCCCCCCCCCC(=O)O.[Ce]. The Hall–Kier alpha value is 0.847. The first-order valence-electron chi connectivity index (χ1n) is 6.99. The van der Waals surface area contributed by atoms with E-state index in [4.69, 9.17) is 5.11 Å². The number of aliphatic carboxylic acids is 1. The Morgan fingerprint density at radius 3 is 1.47 bits per heavy atom. The zero-order valence-electron chi connectivity index (χ0n) is 11.3. The molecule has 0 saturated carbocycles. The molecule has 0 aromatic rings. The van der Waals surface area contributed by atoms with Crippen LogP contribution in [-0.2, 0) is 4.79 Å². The van der Waals surface area contributed by atoms with Crippen LogP contribution in [0.3, 0.4) is 0 Å². The van der Waals surface area contributed by atoms with Gasteiger partial charge in [-0.15, -0.1) is 0 Å². The molecule has 0 aliphatic heterocycles. The molecular formula is C14H28CeO2. The van der Waals surface area contributed by atoms with Crippen molar-refractivity contribution < 1.29 is 51.6 Å². The van der Waals surface area contributed by atoms with Gasteiger partial charge in [-0.05, 0) is 6.42 Å². The molecule has 0 rings (SSSR count). The number of carboxylic acids is 1. The minimum Gasteiger partial charge on any atom is -0.481 e. The second kappa shape index (κ2) is 16.8. The van der Waals surface area contributed by atoms with Gasteiger partial charge in [0.1, 0.15) is 0 Å². The summed E-state index contributed by atoms with van der Waals surface area (Å²) in [6.45, 7) is 2.25. The third-order valence-electron chi connectivity index (χ3n) is 2.99. The molecule has 0 radical (unpaired) electrons. The Labute approximate surface area is 140 Å². The monoisotopic (exact) mass is 368 g/mol. The summed E-state index contributed by atoms with van der Waals surface area (Å²) < 4.78 is 0. The number of carbonyl (C=O) groups is 1.